The fraction of sp³-hybridized carbons (Fsp3) is 0.400. The molecule has 3 aromatic rings. The SMILES string of the molecule is Cc1ccc(-c2noc3c(F)c(N4CC(C)OC(C)C4)c(CO)cc23)cn1. The molecule has 27 heavy (non-hydrogen) atoms. The molecule has 1 saturated heterocycles. The number of halogens is 1. The van der Waals surface area contributed by atoms with E-state index in [1.165, 1.54) is 0 Å². The van der Waals surface area contributed by atoms with Crippen LogP contribution in [0.15, 0.2) is 28.9 Å². The molecular weight excluding hydrogens is 349 g/mol. The molecule has 1 aromatic carbocycles. The van der Waals surface area contributed by atoms with Crippen molar-refractivity contribution in [2.75, 3.05) is 18.0 Å². The number of anilines is 1. The number of morpholine rings is 1. The van der Waals surface area contributed by atoms with Gasteiger partial charge in [-0.2, -0.15) is 0 Å². The van der Waals surface area contributed by atoms with Crippen LogP contribution in [0.4, 0.5) is 10.1 Å². The lowest BCUT2D eigenvalue weighted by Gasteiger charge is -2.37. The molecule has 1 aliphatic rings. The Morgan fingerprint density at radius 3 is 2.63 bits per heavy atom. The number of benzene rings is 1. The monoisotopic (exact) mass is 371 g/mol. The van der Waals surface area contributed by atoms with E-state index in [4.69, 9.17) is 9.26 Å². The van der Waals surface area contributed by atoms with Crippen molar-refractivity contribution in [2.45, 2.75) is 39.6 Å². The van der Waals surface area contributed by atoms with Crippen molar-refractivity contribution in [3.63, 3.8) is 0 Å². The van der Waals surface area contributed by atoms with Crippen LogP contribution in [0.25, 0.3) is 22.2 Å². The molecular formula is C20H22FN3O3. The molecule has 2 unspecified atom stereocenters. The third kappa shape index (κ3) is 3.17. The summed E-state index contributed by atoms with van der Waals surface area (Å²) in [6.45, 7) is 6.61. The van der Waals surface area contributed by atoms with Crippen LogP contribution in [0.5, 0.6) is 0 Å². The summed E-state index contributed by atoms with van der Waals surface area (Å²) in [6, 6.07) is 5.49. The molecule has 0 radical (unpaired) electrons. The summed E-state index contributed by atoms with van der Waals surface area (Å²) in [5.41, 5.74) is 3.09. The first-order valence-corrected chi connectivity index (χ1v) is 9.03. The third-order valence-electron chi connectivity index (χ3n) is 4.85. The number of aliphatic hydroxyl groups excluding tert-OH is 1. The quantitative estimate of drug-likeness (QED) is 0.760. The smallest absolute Gasteiger partial charge is 0.205 e. The maximum atomic E-state index is 15.4. The summed E-state index contributed by atoms with van der Waals surface area (Å²) in [5, 5.41) is 14.5. The Hall–Kier alpha value is -2.51. The first-order valence-electron chi connectivity index (χ1n) is 9.03. The van der Waals surface area contributed by atoms with Crippen LogP contribution in [0.3, 0.4) is 0 Å². The molecule has 4 rings (SSSR count). The predicted octanol–water partition coefficient (Wildman–Crippen LogP) is 3.44. The van der Waals surface area contributed by atoms with E-state index in [1.54, 1.807) is 12.3 Å². The molecule has 7 heteroatoms. The topological polar surface area (TPSA) is 71.6 Å². The number of aliphatic hydroxyl groups is 1. The molecule has 0 spiro atoms. The van der Waals surface area contributed by atoms with E-state index in [-0.39, 0.29) is 24.4 Å². The third-order valence-corrected chi connectivity index (χ3v) is 4.85. The van der Waals surface area contributed by atoms with Crippen LogP contribution < -0.4 is 4.90 Å². The molecule has 3 heterocycles. The Morgan fingerprint density at radius 1 is 1.26 bits per heavy atom. The van der Waals surface area contributed by atoms with Crippen molar-refractivity contribution in [2.24, 2.45) is 0 Å². The summed E-state index contributed by atoms with van der Waals surface area (Å²) in [7, 11) is 0. The van der Waals surface area contributed by atoms with Crippen LogP contribution in [0, 0.1) is 12.7 Å². The molecule has 0 amide bonds. The van der Waals surface area contributed by atoms with E-state index in [0.29, 0.717) is 35.4 Å². The van der Waals surface area contributed by atoms with Gasteiger partial charge in [0, 0.05) is 36.1 Å². The molecule has 142 valence electrons. The first-order chi connectivity index (χ1) is 13.0. The minimum atomic E-state index is -0.503. The van der Waals surface area contributed by atoms with Gasteiger partial charge in [0.05, 0.1) is 29.9 Å². The fourth-order valence-corrected chi connectivity index (χ4v) is 3.72. The lowest BCUT2D eigenvalue weighted by atomic mass is 10.0. The largest absolute Gasteiger partial charge is 0.392 e. The Bertz CT molecular complexity index is 961. The second-order valence-corrected chi connectivity index (χ2v) is 7.11. The van der Waals surface area contributed by atoms with Gasteiger partial charge in [0.15, 0.2) is 5.82 Å². The molecule has 0 saturated carbocycles. The van der Waals surface area contributed by atoms with Crippen LogP contribution in [-0.4, -0.2) is 40.5 Å². The number of rotatable bonds is 3. The highest BCUT2D eigenvalue weighted by atomic mass is 19.1. The van der Waals surface area contributed by atoms with E-state index in [2.05, 4.69) is 10.1 Å². The number of aryl methyl sites for hydroxylation is 1. The van der Waals surface area contributed by atoms with Crippen LogP contribution in [-0.2, 0) is 11.3 Å². The van der Waals surface area contributed by atoms with Crippen molar-refractivity contribution < 1.29 is 18.8 Å². The normalized spacial score (nSPS) is 20.4. The number of aromatic nitrogens is 2. The number of fused-ring (bicyclic) bond motifs is 1. The van der Waals surface area contributed by atoms with Crippen LogP contribution >= 0.6 is 0 Å². The first kappa shape index (κ1) is 17.9. The number of hydrogen-bond acceptors (Lipinski definition) is 6. The van der Waals surface area contributed by atoms with Crippen molar-refractivity contribution in [3.8, 4) is 11.3 Å². The second kappa shape index (κ2) is 6.90. The van der Waals surface area contributed by atoms with Gasteiger partial charge >= 0.3 is 0 Å². The Morgan fingerprint density at radius 2 is 2.00 bits per heavy atom. The van der Waals surface area contributed by atoms with E-state index >= 15 is 4.39 Å². The Balaban J connectivity index is 1.85. The van der Waals surface area contributed by atoms with E-state index in [0.717, 1.165) is 11.3 Å². The summed E-state index contributed by atoms with van der Waals surface area (Å²) in [6.07, 6.45) is 1.63. The average Bonchev–Trinajstić information content (AvgIpc) is 3.05. The minimum Gasteiger partial charge on any atom is -0.392 e. The van der Waals surface area contributed by atoms with E-state index in [1.807, 2.05) is 37.8 Å². The molecule has 1 aliphatic heterocycles. The lowest BCUT2D eigenvalue weighted by molar-refractivity contribution is -0.00549. The number of hydrogen-bond donors (Lipinski definition) is 1. The maximum Gasteiger partial charge on any atom is 0.205 e. The molecule has 2 atom stereocenters. The van der Waals surface area contributed by atoms with Gasteiger partial charge in [-0.15, -0.1) is 0 Å². The van der Waals surface area contributed by atoms with Gasteiger partial charge in [-0.25, -0.2) is 4.39 Å². The minimum absolute atomic E-state index is 0.0284. The zero-order valence-corrected chi connectivity index (χ0v) is 15.6. The Kier molecular flexibility index (Phi) is 4.57. The number of pyridine rings is 1. The van der Waals surface area contributed by atoms with Crippen LogP contribution in [0.1, 0.15) is 25.1 Å². The molecule has 1 N–H and O–H groups in total. The highest BCUT2D eigenvalue weighted by Gasteiger charge is 2.29. The molecule has 6 nitrogen and oxygen atoms in total. The summed E-state index contributed by atoms with van der Waals surface area (Å²) in [5.74, 6) is -0.503. The molecule has 0 aliphatic carbocycles. The van der Waals surface area contributed by atoms with Crippen molar-refractivity contribution in [1.82, 2.24) is 10.1 Å². The van der Waals surface area contributed by atoms with Crippen molar-refractivity contribution in [1.29, 1.82) is 0 Å². The Labute approximate surface area is 156 Å². The highest BCUT2D eigenvalue weighted by Crippen LogP contribution is 2.37. The number of nitrogens with zero attached hydrogens (tertiary/aromatic N) is 3. The van der Waals surface area contributed by atoms with E-state index in [9.17, 15) is 5.11 Å². The molecule has 0 bridgehead atoms. The van der Waals surface area contributed by atoms with Gasteiger partial charge in [-0.1, -0.05) is 5.16 Å². The zero-order valence-electron chi connectivity index (χ0n) is 15.6. The summed E-state index contributed by atoms with van der Waals surface area (Å²) >= 11 is 0. The van der Waals surface area contributed by atoms with Gasteiger partial charge in [0.1, 0.15) is 5.69 Å². The van der Waals surface area contributed by atoms with Gasteiger partial charge in [0.2, 0.25) is 5.58 Å². The standard InChI is InChI=1S/C20H22FN3O3/c1-11-4-5-14(7-22-11)18-16-6-15(10-25)19(17(21)20(16)27-23-18)24-8-12(2)26-13(3)9-24/h4-7,12-13,25H,8-10H2,1-3H3. The van der Waals surface area contributed by atoms with E-state index < -0.39 is 5.82 Å². The molecule has 2 aromatic heterocycles. The lowest BCUT2D eigenvalue weighted by Crippen LogP contribution is -2.46. The van der Waals surface area contributed by atoms with Gasteiger partial charge < -0.3 is 19.3 Å². The average molecular weight is 371 g/mol. The van der Waals surface area contributed by atoms with Crippen LogP contribution in [0.2, 0.25) is 0 Å². The predicted molar refractivity (Wildman–Crippen MR) is 100 cm³/mol. The fourth-order valence-electron chi connectivity index (χ4n) is 3.72. The summed E-state index contributed by atoms with van der Waals surface area (Å²) < 4.78 is 26.5. The number of ether oxygens (including phenoxy) is 1. The maximum absolute atomic E-state index is 15.4. The van der Waals surface area contributed by atoms with Crippen molar-refractivity contribution in [3.05, 3.63) is 41.5 Å². The van der Waals surface area contributed by atoms with Gasteiger partial charge in [0.25, 0.3) is 0 Å². The second-order valence-electron chi connectivity index (χ2n) is 7.11. The summed E-state index contributed by atoms with van der Waals surface area (Å²) in [4.78, 5) is 6.18. The van der Waals surface area contributed by atoms with Gasteiger partial charge in [-0.05, 0) is 39.0 Å². The van der Waals surface area contributed by atoms with Crippen molar-refractivity contribution >= 4 is 16.7 Å². The van der Waals surface area contributed by atoms with Gasteiger partial charge in [-0.3, -0.25) is 4.98 Å². The highest BCUT2D eigenvalue weighted by molar-refractivity contribution is 5.94. The zero-order chi connectivity index (χ0) is 19.1. The molecule has 1 fully saturated rings.